The van der Waals surface area contributed by atoms with Crippen LogP contribution in [0.15, 0.2) is 36.0 Å². The van der Waals surface area contributed by atoms with E-state index in [9.17, 15) is 9.59 Å². The van der Waals surface area contributed by atoms with Gasteiger partial charge in [0, 0.05) is 5.41 Å². The summed E-state index contributed by atoms with van der Waals surface area (Å²) < 4.78 is 9.86. The molecule has 0 radical (unpaired) electrons. The summed E-state index contributed by atoms with van der Waals surface area (Å²) in [4.78, 5) is 24.7. The predicted molar refractivity (Wildman–Crippen MR) is 77.2 cm³/mol. The normalized spacial score (nSPS) is 31.9. The van der Waals surface area contributed by atoms with Gasteiger partial charge in [-0.3, -0.25) is 9.59 Å². The van der Waals surface area contributed by atoms with Gasteiger partial charge in [0.25, 0.3) is 0 Å². The van der Waals surface area contributed by atoms with Gasteiger partial charge in [0.15, 0.2) is 5.41 Å². The summed E-state index contributed by atoms with van der Waals surface area (Å²) in [6.45, 7) is 0. The van der Waals surface area contributed by atoms with Crippen LogP contribution in [0.2, 0.25) is 0 Å². The quantitative estimate of drug-likeness (QED) is 0.445. The molecule has 0 aromatic rings. The summed E-state index contributed by atoms with van der Waals surface area (Å²) in [6.07, 6.45) is 13.2. The molecule has 0 unspecified atom stereocenters. The summed E-state index contributed by atoms with van der Waals surface area (Å²) in [5, 5.41) is 0. The third-order valence-corrected chi connectivity index (χ3v) is 5.13. The van der Waals surface area contributed by atoms with Crippen LogP contribution < -0.4 is 0 Å². The van der Waals surface area contributed by atoms with Crippen LogP contribution in [0.5, 0.6) is 0 Å². The molecule has 4 nitrogen and oxygen atoms in total. The maximum absolute atomic E-state index is 12.3. The monoisotopic (exact) mass is 288 g/mol. The van der Waals surface area contributed by atoms with Crippen molar-refractivity contribution in [3.05, 3.63) is 36.0 Å². The topological polar surface area (TPSA) is 52.6 Å². The second-order valence-electron chi connectivity index (χ2n) is 6.20. The first-order valence-electron chi connectivity index (χ1n) is 7.30. The van der Waals surface area contributed by atoms with Gasteiger partial charge in [0.05, 0.1) is 14.2 Å². The Morgan fingerprint density at radius 2 is 1.90 bits per heavy atom. The minimum atomic E-state index is -1.18. The smallest absolute Gasteiger partial charge is 0.323 e. The standard InChI is InChI=1S/C17H20O4/c1-20-14(18)17(15(19)21-2)8-6-13-9-12-5-3-4-7-16(13,10-12)11-17/h3-5,7,9,12H,6,8,10-11H2,1-2H3/t12-,16+/m0/s1. The fourth-order valence-corrected chi connectivity index (χ4v) is 4.15. The van der Waals surface area contributed by atoms with Crippen molar-refractivity contribution in [3.8, 4) is 0 Å². The largest absolute Gasteiger partial charge is 0.468 e. The molecule has 0 heterocycles. The Labute approximate surface area is 124 Å². The number of fused-ring (bicyclic) bond motifs is 1. The van der Waals surface area contributed by atoms with E-state index < -0.39 is 17.4 Å². The van der Waals surface area contributed by atoms with Crippen molar-refractivity contribution in [2.24, 2.45) is 16.7 Å². The average molecular weight is 288 g/mol. The molecule has 3 rings (SSSR count). The van der Waals surface area contributed by atoms with Gasteiger partial charge in [-0.2, -0.15) is 0 Å². The Balaban J connectivity index is 2.02. The van der Waals surface area contributed by atoms with E-state index in [-0.39, 0.29) is 5.41 Å². The zero-order chi connectivity index (χ0) is 15.1. The Kier molecular flexibility index (Phi) is 3.27. The van der Waals surface area contributed by atoms with E-state index in [4.69, 9.17) is 9.47 Å². The van der Waals surface area contributed by atoms with Crippen LogP contribution in [-0.4, -0.2) is 26.2 Å². The first-order chi connectivity index (χ1) is 10.1. The first-order valence-corrected chi connectivity index (χ1v) is 7.30. The van der Waals surface area contributed by atoms with Crippen molar-refractivity contribution in [1.29, 1.82) is 0 Å². The van der Waals surface area contributed by atoms with Gasteiger partial charge in [-0.25, -0.2) is 0 Å². The lowest BCUT2D eigenvalue weighted by atomic mass is 9.60. The summed E-state index contributed by atoms with van der Waals surface area (Å²) in [5.41, 5.74) is -0.0457. The van der Waals surface area contributed by atoms with Gasteiger partial charge < -0.3 is 9.47 Å². The molecule has 2 bridgehead atoms. The Hall–Kier alpha value is -1.84. The summed E-state index contributed by atoms with van der Waals surface area (Å²) in [5.74, 6) is -0.560. The molecule has 21 heavy (non-hydrogen) atoms. The summed E-state index contributed by atoms with van der Waals surface area (Å²) in [7, 11) is 2.66. The molecule has 0 N–H and O–H groups in total. The van der Waals surface area contributed by atoms with Crippen molar-refractivity contribution in [1.82, 2.24) is 0 Å². The molecule has 0 amide bonds. The first kappa shape index (κ1) is 14.1. The number of esters is 2. The van der Waals surface area contributed by atoms with E-state index in [0.717, 1.165) is 12.8 Å². The number of rotatable bonds is 2. The Morgan fingerprint density at radius 3 is 2.57 bits per heavy atom. The number of methoxy groups -OCH3 is 2. The zero-order valence-electron chi connectivity index (χ0n) is 12.4. The van der Waals surface area contributed by atoms with E-state index in [1.807, 2.05) is 12.2 Å². The van der Waals surface area contributed by atoms with Gasteiger partial charge in [-0.05, 0) is 31.6 Å². The maximum atomic E-state index is 12.3. The highest BCUT2D eigenvalue weighted by molar-refractivity contribution is 6.00. The molecular weight excluding hydrogens is 268 g/mol. The number of allylic oxidation sites excluding steroid dienone is 6. The Bertz CT molecular complexity index is 553. The second kappa shape index (κ2) is 4.86. The van der Waals surface area contributed by atoms with E-state index in [2.05, 4.69) is 18.2 Å². The van der Waals surface area contributed by atoms with Crippen LogP contribution in [0.3, 0.4) is 0 Å². The maximum Gasteiger partial charge on any atom is 0.323 e. The van der Waals surface area contributed by atoms with Crippen molar-refractivity contribution >= 4 is 11.9 Å². The van der Waals surface area contributed by atoms with Crippen LogP contribution in [0.4, 0.5) is 0 Å². The molecule has 3 aliphatic rings. The zero-order valence-corrected chi connectivity index (χ0v) is 12.4. The van der Waals surface area contributed by atoms with Gasteiger partial charge in [0.1, 0.15) is 0 Å². The lowest BCUT2D eigenvalue weighted by Gasteiger charge is -2.43. The lowest BCUT2D eigenvalue weighted by molar-refractivity contribution is -0.173. The van der Waals surface area contributed by atoms with E-state index in [1.165, 1.54) is 19.8 Å². The molecule has 0 aliphatic heterocycles. The fourth-order valence-electron chi connectivity index (χ4n) is 4.15. The van der Waals surface area contributed by atoms with Crippen LogP contribution in [0, 0.1) is 16.7 Å². The molecule has 0 aromatic carbocycles. The minimum Gasteiger partial charge on any atom is -0.468 e. The number of ether oxygens (including phenoxy) is 2. The molecule has 4 heteroatoms. The second-order valence-corrected chi connectivity index (χ2v) is 6.20. The SMILES string of the molecule is COC(=O)C1(C(=O)OC)CCC2=C[C@@H]3C=CC=C[C@@]2(C3)C1. The van der Waals surface area contributed by atoms with Crippen LogP contribution in [0.25, 0.3) is 0 Å². The Morgan fingerprint density at radius 1 is 1.19 bits per heavy atom. The lowest BCUT2D eigenvalue weighted by Crippen LogP contribution is -2.48. The predicted octanol–water partition coefficient (Wildman–Crippen LogP) is 2.56. The molecule has 2 atom stereocenters. The molecule has 0 aromatic heterocycles. The number of hydrogen-bond donors (Lipinski definition) is 0. The van der Waals surface area contributed by atoms with Gasteiger partial charge in [-0.1, -0.05) is 36.0 Å². The highest BCUT2D eigenvalue weighted by atomic mass is 16.5. The molecule has 3 aliphatic carbocycles. The number of hydrogen-bond acceptors (Lipinski definition) is 4. The van der Waals surface area contributed by atoms with Crippen molar-refractivity contribution in [2.45, 2.75) is 25.7 Å². The van der Waals surface area contributed by atoms with Crippen LogP contribution in [-0.2, 0) is 19.1 Å². The van der Waals surface area contributed by atoms with Crippen molar-refractivity contribution < 1.29 is 19.1 Å². The summed E-state index contributed by atoms with van der Waals surface area (Å²) >= 11 is 0. The van der Waals surface area contributed by atoms with E-state index in [1.54, 1.807) is 0 Å². The third kappa shape index (κ3) is 1.96. The number of carbonyl (C=O) groups excluding carboxylic acids is 2. The third-order valence-electron chi connectivity index (χ3n) is 5.13. The van der Waals surface area contributed by atoms with Crippen molar-refractivity contribution in [3.63, 3.8) is 0 Å². The molecule has 112 valence electrons. The highest BCUT2D eigenvalue weighted by Crippen LogP contribution is 2.58. The van der Waals surface area contributed by atoms with Crippen LogP contribution in [0.1, 0.15) is 25.7 Å². The summed E-state index contributed by atoms with van der Waals surface area (Å²) in [6, 6.07) is 0. The molecular formula is C17H20O4. The number of carbonyl (C=O) groups is 2. The van der Waals surface area contributed by atoms with Gasteiger partial charge in [-0.15, -0.1) is 0 Å². The van der Waals surface area contributed by atoms with Gasteiger partial charge in [0.2, 0.25) is 0 Å². The van der Waals surface area contributed by atoms with Crippen LogP contribution >= 0.6 is 0 Å². The molecule has 1 saturated carbocycles. The molecule has 0 saturated heterocycles. The average Bonchev–Trinajstić information content (AvgIpc) is 2.73. The van der Waals surface area contributed by atoms with E-state index >= 15 is 0 Å². The van der Waals surface area contributed by atoms with Crippen molar-refractivity contribution in [2.75, 3.05) is 14.2 Å². The van der Waals surface area contributed by atoms with E-state index in [0.29, 0.717) is 18.8 Å². The van der Waals surface area contributed by atoms with Gasteiger partial charge >= 0.3 is 11.9 Å². The molecule has 1 spiro atoms. The fraction of sp³-hybridized carbons (Fsp3) is 0.529. The highest BCUT2D eigenvalue weighted by Gasteiger charge is 2.58. The molecule has 1 fully saturated rings. The minimum absolute atomic E-state index is 0.213.